The van der Waals surface area contributed by atoms with Crippen molar-refractivity contribution >= 4 is 33.4 Å². The molecule has 30 heavy (non-hydrogen) atoms. The maximum Gasteiger partial charge on any atom is 0.251 e. The average Bonchev–Trinajstić information content (AvgIpc) is 2.72. The number of halogens is 1. The average molecular weight is 464 g/mol. The van der Waals surface area contributed by atoms with E-state index in [1.807, 2.05) is 37.3 Å². The molecule has 0 radical (unpaired) electrons. The summed E-state index contributed by atoms with van der Waals surface area (Å²) < 4.78 is 28.0. The van der Waals surface area contributed by atoms with E-state index in [-0.39, 0.29) is 22.2 Å². The summed E-state index contributed by atoms with van der Waals surface area (Å²) in [6.45, 7) is 2.15. The van der Waals surface area contributed by atoms with Gasteiger partial charge in [-0.1, -0.05) is 67.0 Å². The largest absolute Gasteiger partial charge is 0.301 e. The zero-order valence-electron chi connectivity index (χ0n) is 16.3. The molecule has 0 saturated carbocycles. The monoisotopic (exact) mass is 463 g/mol. The Morgan fingerprint density at radius 1 is 1.13 bits per heavy atom. The Kier molecular flexibility index (Phi) is 7.71. The molecule has 0 unspecified atom stereocenters. The fourth-order valence-electron chi connectivity index (χ4n) is 2.84. The topological polar surface area (TPSA) is 91.9 Å². The smallest absolute Gasteiger partial charge is 0.251 e. The van der Waals surface area contributed by atoms with Crippen LogP contribution in [0.2, 0.25) is 5.02 Å². The van der Waals surface area contributed by atoms with E-state index in [0.717, 1.165) is 17.7 Å². The van der Waals surface area contributed by atoms with E-state index < -0.39 is 10.0 Å². The molecule has 1 atom stereocenters. The first-order valence-corrected chi connectivity index (χ1v) is 12.2. The summed E-state index contributed by atoms with van der Waals surface area (Å²) in [6.07, 6.45) is 1.58. The molecule has 2 aromatic carbocycles. The van der Waals surface area contributed by atoms with E-state index in [1.165, 1.54) is 42.1 Å². The quantitative estimate of drug-likeness (QED) is 0.366. The predicted octanol–water partition coefficient (Wildman–Crippen LogP) is 4.19. The van der Waals surface area contributed by atoms with Gasteiger partial charge in [0.05, 0.1) is 10.1 Å². The van der Waals surface area contributed by atoms with Crippen molar-refractivity contribution < 1.29 is 8.42 Å². The van der Waals surface area contributed by atoms with Crippen molar-refractivity contribution in [1.29, 1.82) is 0 Å². The summed E-state index contributed by atoms with van der Waals surface area (Å²) in [6, 6.07) is 17.0. The van der Waals surface area contributed by atoms with Crippen molar-refractivity contribution in [3.05, 3.63) is 87.3 Å². The highest BCUT2D eigenvalue weighted by molar-refractivity contribution is 7.99. The van der Waals surface area contributed by atoms with Gasteiger partial charge >= 0.3 is 0 Å². The van der Waals surface area contributed by atoms with Crippen LogP contribution >= 0.6 is 23.4 Å². The van der Waals surface area contributed by atoms with Crippen LogP contribution in [0, 0.1) is 0 Å². The molecular weight excluding hydrogens is 442 g/mol. The maximum atomic E-state index is 12.7. The van der Waals surface area contributed by atoms with Crippen LogP contribution in [0.3, 0.4) is 0 Å². The maximum absolute atomic E-state index is 12.7. The Labute approximate surface area is 185 Å². The van der Waals surface area contributed by atoms with Crippen LogP contribution in [0.25, 0.3) is 0 Å². The molecule has 0 amide bonds. The van der Waals surface area contributed by atoms with E-state index in [2.05, 4.69) is 14.7 Å². The number of aromatic nitrogens is 2. The third-order valence-electron chi connectivity index (χ3n) is 4.29. The van der Waals surface area contributed by atoms with Gasteiger partial charge in [0.25, 0.3) is 5.56 Å². The first-order valence-electron chi connectivity index (χ1n) is 9.44. The van der Waals surface area contributed by atoms with Crippen LogP contribution in [-0.2, 0) is 16.4 Å². The summed E-state index contributed by atoms with van der Waals surface area (Å²) in [4.78, 5) is 19.4. The van der Waals surface area contributed by atoms with Crippen LogP contribution < -0.4 is 10.3 Å². The SMILES string of the molecule is CCCc1cc(=O)[nH]c(S[C@@H](CNS(=O)(=O)c2ccc(Cl)cc2)c2ccccc2)n1. The van der Waals surface area contributed by atoms with Gasteiger partial charge in [-0.05, 0) is 36.2 Å². The summed E-state index contributed by atoms with van der Waals surface area (Å²) in [5, 5.41) is 0.646. The van der Waals surface area contributed by atoms with Crippen molar-refractivity contribution in [3.63, 3.8) is 0 Å². The number of nitrogens with one attached hydrogen (secondary N) is 2. The molecular formula is C21H22ClN3O3S2. The van der Waals surface area contributed by atoms with E-state index in [9.17, 15) is 13.2 Å². The van der Waals surface area contributed by atoms with Gasteiger partial charge in [0.15, 0.2) is 5.16 Å². The minimum absolute atomic E-state index is 0.126. The standard InChI is InChI=1S/C21H22ClN3O3S2/c1-2-6-17-13-20(26)25-21(24-17)29-19(15-7-4-3-5-8-15)14-23-30(27,28)18-11-9-16(22)10-12-18/h3-5,7-13,19,23H,2,6,14H2,1H3,(H,24,25,26)/t19-/m0/s1. The second kappa shape index (κ2) is 10.3. The molecule has 0 aliphatic heterocycles. The first kappa shape index (κ1) is 22.6. The van der Waals surface area contributed by atoms with E-state index in [0.29, 0.717) is 16.6 Å². The number of rotatable bonds is 9. The molecule has 0 aliphatic carbocycles. The zero-order chi connectivity index (χ0) is 21.6. The van der Waals surface area contributed by atoms with Crippen LogP contribution in [0.5, 0.6) is 0 Å². The highest BCUT2D eigenvalue weighted by Crippen LogP contribution is 2.32. The normalized spacial score (nSPS) is 12.6. The number of hydrogen-bond donors (Lipinski definition) is 2. The summed E-state index contributed by atoms with van der Waals surface area (Å²) in [5.41, 5.74) is 1.42. The Morgan fingerprint density at radius 3 is 2.50 bits per heavy atom. The lowest BCUT2D eigenvalue weighted by molar-refractivity contribution is 0.581. The number of sulfonamides is 1. The third kappa shape index (κ3) is 6.18. The number of H-pyrrole nitrogens is 1. The Hall–Kier alpha value is -2.13. The lowest BCUT2D eigenvalue weighted by Gasteiger charge is -2.17. The van der Waals surface area contributed by atoms with Gasteiger partial charge in [-0.25, -0.2) is 18.1 Å². The van der Waals surface area contributed by atoms with Crippen molar-refractivity contribution in [2.45, 2.75) is 35.1 Å². The molecule has 0 saturated heterocycles. The summed E-state index contributed by atoms with van der Waals surface area (Å²) in [5.74, 6) is 0. The van der Waals surface area contributed by atoms with Gasteiger partial charge in [-0.15, -0.1) is 0 Å². The zero-order valence-corrected chi connectivity index (χ0v) is 18.7. The number of hydrogen-bond acceptors (Lipinski definition) is 5. The lowest BCUT2D eigenvalue weighted by atomic mass is 10.1. The number of aromatic amines is 1. The molecule has 1 heterocycles. The van der Waals surface area contributed by atoms with Crippen molar-refractivity contribution in [2.75, 3.05) is 6.54 Å². The molecule has 6 nitrogen and oxygen atoms in total. The van der Waals surface area contributed by atoms with Crippen molar-refractivity contribution in [3.8, 4) is 0 Å². The van der Waals surface area contributed by atoms with Gasteiger partial charge < -0.3 is 4.98 Å². The van der Waals surface area contributed by atoms with Crippen molar-refractivity contribution in [1.82, 2.24) is 14.7 Å². The second-order valence-corrected chi connectivity index (χ2v) is 10.0. The number of benzene rings is 2. The van der Waals surface area contributed by atoms with Crippen molar-refractivity contribution in [2.24, 2.45) is 0 Å². The summed E-state index contributed by atoms with van der Waals surface area (Å²) in [7, 11) is -3.71. The highest BCUT2D eigenvalue weighted by Gasteiger charge is 2.20. The second-order valence-electron chi connectivity index (χ2n) is 6.61. The minimum atomic E-state index is -3.71. The molecule has 3 aromatic rings. The van der Waals surface area contributed by atoms with Crippen LogP contribution in [0.4, 0.5) is 0 Å². The Balaban J connectivity index is 1.83. The minimum Gasteiger partial charge on any atom is -0.301 e. The van der Waals surface area contributed by atoms with Gasteiger partial charge in [0.2, 0.25) is 10.0 Å². The molecule has 2 N–H and O–H groups in total. The molecule has 9 heteroatoms. The van der Waals surface area contributed by atoms with Gasteiger partial charge in [-0.3, -0.25) is 4.79 Å². The number of thioether (sulfide) groups is 1. The summed E-state index contributed by atoms with van der Waals surface area (Å²) >= 11 is 7.17. The third-order valence-corrected chi connectivity index (χ3v) is 7.12. The first-order chi connectivity index (χ1) is 14.4. The van der Waals surface area contributed by atoms with Crippen LogP contribution in [0.1, 0.15) is 29.9 Å². The van der Waals surface area contributed by atoms with Crippen LogP contribution in [0.15, 0.2) is 75.5 Å². The molecule has 1 aromatic heterocycles. The van der Waals surface area contributed by atoms with Gasteiger partial charge in [0, 0.05) is 23.3 Å². The molecule has 0 aliphatic rings. The fourth-order valence-corrected chi connectivity index (χ4v) is 5.17. The van der Waals surface area contributed by atoms with E-state index >= 15 is 0 Å². The van der Waals surface area contributed by atoms with Gasteiger partial charge in [0.1, 0.15) is 0 Å². The molecule has 158 valence electrons. The van der Waals surface area contributed by atoms with Gasteiger partial charge in [-0.2, -0.15) is 0 Å². The predicted molar refractivity (Wildman–Crippen MR) is 121 cm³/mol. The molecule has 3 rings (SSSR count). The Bertz CT molecular complexity index is 1130. The van der Waals surface area contributed by atoms with E-state index in [1.54, 1.807) is 0 Å². The highest BCUT2D eigenvalue weighted by atomic mass is 35.5. The number of nitrogens with zero attached hydrogens (tertiary/aromatic N) is 1. The molecule has 0 bridgehead atoms. The molecule has 0 fully saturated rings. The Morgan fingerprint density at radius 2 is 1.83 bits per heavy atom. The fraction of sp³-hybridized carbons (Fsp3) is 0.238. The van der Waals surface area contributed by atoms with E-state index in [4.69, 9.17) is 11.6 Å². The lowest BCUT2D eigenvalue weighted by Crippen LogP contribution is -2.28. The molecule has 0 spiro atoms. The van der Waals surface area contributed by atoms with Crippen LogP contribution in [-0.4, -0.2) is 24.9 Å². The number of aryl methyl sites for hydroxylation is 1.